The first-order chi connectivity index (χ1) is 10.6. The maximum Gasteiger partial charge on any atom is 0.276 e. The molecule has 1 amide bonds. The highest BCUT2D eigenvalue weighted by Crippen LogP contribution is 2.20. The molecule has 0 atom stereocenters. The van der Waals surface area contributed by atoms with Crippen molar-refractivity contribution in [1.29, 1.82) is 0 Å². The van der Waals surface area contributed by atoms with Gasteiger partial charge in [-0.05, 0) is 37.3 Å². The van der Waals surface area contributed by atoms with Crippen LogP contribution in [0.3, 0.4) is 0 Å². The van der Waals surface area contributed by atoms with Crippen LogP contribution >= 0.6 is 0 Å². The molecule has 0 saturated heterocycles. The van der Waals surface area contributed by atoms with Crippen molar-refractivity contribution in [3.8, 4) is 0 Å². The van der Waals surface area contributed by atoms with Gasteiger partial charge in [-0.1, -0.05) is 18.2 Å². The largest absolute Gasteiger partial charge is 0.467 e. The van der Waals surface area contributed by atoms with Crippen LogP contribution in [0.5, 0.6) is 0 Å². The molecule has 3 rings (SSSR count). The van der Waals surface area contributed by atoms with Gasteiger partial charge in [0.25, 0.3) is 5.91 Å². The maximum atomic E-state index is 12.9. The average Bonchev–Trinajstić information content (AvgIpc) is 3.14. The van der Waals surface area contributed by atoms with Crippen molar-refractivity contribution in [2.45, 2.75) is 13.5 Å². The second-order valence-corrected chi connectivity index (χ2v) is 5.10. The molecule has 22 heavy (non-hydrogen) atoms. The summed E-state index contributed by atoms with van der Waals surface area (Å²) in [6.07, 6.45) is 1.61. The highest BCUT2D eigenvalue weighted by molar-refractivity contribution is 6.04. The van der Waals surface area contributed by atoms with E-state index in [2.05, 4.69) is 5.10 Å². The quantitative estimate of drug-likeness (QED) is 0.743. The normalized spacial score (nSPS) is 10.6. The summed E-state index contributed by atoms with van der Waals surface area (Å²) in [5.41, 5.74) is 2.19. The van der Waals surface area contributed by atoms with Gasteiger partial charge in [0.1, 0.15) is 11.5 Å². The first-order valence-corrected chi connectivity index (χ1v) is 7.05. The van der Waals surface area contributed by atoms with E-state index in [1.165, 1.54) is 0 Å². The number of rotatable bonds is 4. The summed E-state index contributed by atoms with van der Waals surface area (Å²) >= 11 is 0. The van der Waals surface area contributed by atoms with E-state index in [0.717, 1.165) is 17.1 Å². The fraction of sp³-hybridized carbons (Fsp3) is 0.176. The number of amides is 1. The van der Waals surface area contributed by atoms with Gasteiger partial charge in [0.05, 0.1) is 18.5 Å². The zero-order valence-electron chi connectivity index (χ0n) is 12.6. The number of aromatic nitrogens is 2. The molecule has 0 N–H and O–H groups in total. The fourth-order valence-corrected chi connectivity index (χ4v) is 2.40. The number of carbonyl (C=O) groups excluding carboxylic acids is 1. The lowest BCUT2D eigenvalue weighted by Crippen LogP contribution is -2.31. The molecule has 1 aromatic carbocycles. The average molecular weight is 295 g/mol. The molecule has 0 spiro atoms. The van der Waals surface area contributed by atoms with Crippen molar-refractivity contribution < 1.29 is 9.21 Å². The Morgan fingerprint density at radius 3 is 2.59 bits per heavy atom. The van der Waals surface area contributed by atoms with Gasteiger partial charge in [0, 0.05) is 12.7 Å². The van der Waals surface area contributed by atoms with Crippen molar-refractivity contribution in [3.63, 3.8) is 0 Å². The number of hydrogen-bond donors (Lipinski definition) is 0. The van der Waals surface area contributed by atoms with Crippen molar-refractivity contribution in [2.75, 3.05) is 4.90 Å². The summed E-state index contributed by atoms with van der Waals surface area (Å²) in [6, 6.07) is 15.0. The molecule has 0 saturated carbocycles. The second kappa shape index (κ2) is 5.89. The smallest absolute Gasteiger partial charge is 0.276 e. The first kappa shape index (κ1) is 14.1. The topological polar surface area (TPSA) is 51.3 Å². The summed E-state index contributed by atoms with van der Waals surface area (Å²) in [5, 5.41) is 4.25. The molecule has 112 valence electrons. The van der Waals surface area contributed by atoms with E-state index < -0.39 is 0 Å². The van der Waals surface area contributed by atoms with E-state index in [1.807, 2.05) is 49.4 Å². The lowest BCUT2D eigenvalue weighted by Gasteiger charge is -2.21. The van der Waals surface area contributed by atoms with Crippen LogP contribution in [0.15, 0.2) is 59.2 Å². The third kappa shape index (κ3) is 2.79. The highest BCUT2D eigenvalue weighted by atomic mass is 16.3. The Kier molecular flexibility index (Phi) is 3.78. The van der Waals surface area contributed by atoms with Crippen LogP contribution in [-0.2, 0) is 13.6 Å². The van der Waals surface area contributed by atoms with Crippen LogP contribution in [0.1, 0.15) is 21.9 Å². The first-order valence-electron chi connectivity index (χ1n) is 7.05. The number of nitrogens with zero attached hydrogens (tertiary/aromatic N) is 3. The van der Waals surface area contributed by atoms with Gasteiger partial charge < -0.3 is 4.42 Å². The van der Waals surface area contributed by atoms with E-state index in [4.69, 9.17) is 4.42 Å². The Hall–Kier alpha value is -2.82. The molecule has 5 nitrogen and oxygen atoms in total. The van der Waals surface area contributed by atoms with E-state index in [0.29, 0.717) is 12.2 Å². The Balaban J connectivity index is 1.97. The van der Waals surface area contributed by atoms with Crippen LogP contribution in [0, 0.1) is 6.92 Å². The Morgan fingerprint density at radius 2 is 2.00 bits per heavy atom. The fourth-order valence-electron chi connectivity index (χ4n) is 2.40. The summed E-state index contributed by atoms with van der Waals surface area (Å²) in [5.74, 6) is 0.627. The van der Waals surface area contributed by atoms with E-state index in [9.17, 15) is 4.79 Å². The Morgan fingerprint density at radius 1 is 1.23 bits per heavy atom. The third-order valence-electron chi connectivity index (χ3n) is 3.43. The SMILES string of the molecule is Cc1cc(C(=O)N(Cc2ccco2)c2ccccc2)n(C)n1. The van der Waals surface area contributed by atoms with Crippen LogP contribution < -0.4 is 4.90 Å². The van der Waals surface area contributed by atoms with E-state index >= 15 is 0 Å². The molecule has 0 aliphatic rings. The summed E-state index contributed by atoms with van der Waals surface area (Å²) in [4.78, 5) is 14.6. The minimum atomic E-state index is -0.106. The van der Waals surface area contributed by atoms with Gasteiger partial charge in [-0.25, -0.2) is 0 Å². The number of aryl methyl sites for hydroxylation is 2. The van der Waals surface area contributed by atoms with Crippen molar-refractivity contribution in [2.24, 2.45) is 7.05 Å². The van der Waals surface area contributed by atoms with Gasteiger partial charge in [0.2, 0.25) is 0 Å². The van der Waals surface area contributed by atoms with Gasteiger partial charge in [-0.2, -0.15) is 5.10 Å². The molecule has 0 unspecified atom stereocenters. The number of benzene rings is 1. The molecule has 3 aromatic rings. The van der Waals surface area contributed by atoms with Crippen LogP contribution in [-0.4, -0.2) is 15.7 Å². The second-order valence-electron chi connectivity index (χ2n) is 5.10. The molecule has 5 heteroatoms. The third-order valence-corrected chi connectivity index (χ3v) is 3.43. The van der Waals surface area contributed by atoms with Crippen LogP contribution in [0.4, 0.5) is 5.69 Å². The summed E-state index contributed by atoms with van der Waals surface area (Å²) < 4.78 is 7.00. The zero-order chi connectivity index (χ0) is 15.5. The van der Waals surface area contributed by atoms with Gasteiger partial charge in [-0.15, -0.1) is 0 Å². The van der Waals surface area contributed by atoms with Crippen LogP contribution in [0.2, 0.25) is 0 Å². The van der Waals surface area contributed by atoms with Crippen LogP contribution in [0.25, 0.3) is 0 Å². The molecule has 0 aliphatic carbocycles. The van der Waals surface area contributed by atoms with Gasteiger partial charge in [0.15, 0.2) is 0 Å². The number of para-hydroxylation sites is 1. The predicted octanol–water partition coefficient (Wildman–Crippen LogP) is 3.17. The van der Waals surface area contributed by atoms with E-state index in [1.54, 1.807) is 29.0 Å². The van der Waals surface area contributed by atoms with Gasteiger partial charge >= 0.3 is 0 Å². The molecule has 0 aliphatic heterocycles. The molecule has 0 bridgehead atoms. The number of hydrogen-bond acceptors (Lipinski definition) is 3. The summed E-state index contributed by atoms with van der Waals surface area (Å²) in [6.45, 7) is 2.25. The summed E-state index contributed by atoms with van der Waals surface area (Å²) in [7, 11) is 1.77. The molecule has 0 fully saturated rings. The lowest BCUT2D eigenvalue weighted by atomic mass is 10.2. The molecule has 2 heterocycles. The molecular weight excluding hydrogens is 278 g/mol. The van der Waals surface area contributed by atoms with E-state index in [-0.39, 0.29) is 5.91 Å². The predicted molar refractivity (Wildman–Crippen MR) is 83.6 cm³/mol. The zero-order valence-corrected chi connectivity index (χ0v) is 12.6. The number of furan rings is 1. The highest BCUT2D eigenvalue weighted by Gasteiger charge is 2.22. The van der Waals surface area contributed by atoms with Gasteiger partial charge in [-0.3, -0.25) is 14.4 Å². The van der Waals surface area contributed by atoms with Crippen molar-refractivity contribution >= 4 is 11.6 Å². The minimum absolute atomic E-state index is 0.106. The number of carbonyl (C=O) groups is 1. The minimum Gasteiger partial charge on any atom is -0.467 e. The lowest BCUT2D eigenvalue weighted by molar-refractivity contribution is 0.0974. The Bertz CT molecular complexity index is 761. The number of anilines is 1. The van der Waals surface area contributed by atoms with Crippen molar-refractivity contribution in [3.05, 3.63) is 71.9 Å². The molecule has 2 aromatic heterocycles. The maximum absolute atomic E-state index is 12.9. The molecule has 0 radical (unpaired) electrons. The molecular formula is C17H17N3O2. The Labute approximate surface area is 128 Å². The standard InChI is InChI=1S/C17H17N3O2/c1-13-11-16(19(2)18-13)17(21)20(12-15-9-6-10-22-15)14-7-4-3-5-8-14/h3-11H,12H2,1-2H3. The van der Waals surface area contributed by atoms with Crippen molar-refractivity contribution in [1.82, 2.24) is 9.78 Å². The monoisotopic (exact) mass is 295 g/mol.